The van der Waals surface area contributed by atoms with Gasteiger partial charge in [0.1, 0.15) is 0 Å². The molecule has 4 heteroatoms. The third-order valence-corrected chi connectivity index (χ3v) is 2.21. The number of morpholine rings is 1. The molecule has 3 nitrogen and oxygen atoms in total. The molecule has 2 bridgehead atoms. The molecule has 0 aliphatic carbocycles. The Balaban J connectivity index is 0.000000500. The summed E-state index contributed by atoms with van der Waals surface area (Å²) in [6.07, 6.45) is 4.03. The smallest absolute Gasteiger partial charge is 0.0620 e. The summed E-state index contributed by atoms with van der Waals surface area (Å²) in [7, 11) is 0. The van der Waals surface area contributed by atoms with E-state index in [-0.39, 0.29) is 18.6 Å². The highest BCUT2D eigenvalue weighted by Crippen LogP contribution is 2.16. The largest absolute Gasteiger partial charge is 0.378 e. The molecule has 2 rings (SSSR count). The summed E-state index contributed by atoms with van der Waals surface area (Å²) < 4.78 is 5.37. The Morgan fingerprint density at radius 3 is 2.09 bits per heavy atom. The van der Waals surface area contributed by atoms with E-state index in [1.54, 1.807) is 0 Å². The maximum Gasteiger partial charge on any atom is 0.0620 e. The van der Waals surface area contributed by atoms with Crippen LogP contribution < -0.4 is 11.5 Å². The number of hydrogen-bond donors (Lipinski definition) is 2. The third-order valence-electron chi connectivity index (χ3n) is 2.21. The second kappa shape index (κ2) is 4.93. The SMILES string of the molecule is C1CC2COCC(C1)N2.Cl.N. The molecule has 68 valence electrons. The molecule has 11 heavy (non-hydrogen) atoms. The molecule has 0 aromatic carbocycles. The molecule has 4 N–H and O–H groups in total. The molecule has 0 aromatic rings. The van der Waals surface area contributed by atoms with Gasteiger partial charge < -0.3 is 16.2 Å². The third kappa shape index (κ3) is 2.60. The van der Waals surface area contributed by atoms with E-state index in [1.165, 1.54) is 19.3 Å². The van der Waals surface area contributed by atoms with Gasteiger partial charge in [-0.1, -0.05) is 6.42 Å². The van der Waals surface area contributed by atoms with Crippen LogP contribution >= 0.6 is 12.4 Å². The molecule has 2 aliphatic heterocycles. The van der Waals surface area contributed by atoms with Crippen molar-refractivity contribution >= 4 is 12.4 Å². The Kier molecular flexibility index (Phi) is 5.01. The summed E-state index contributed by atoms with van der Waals surface area (Å²) in [6, 6.07) is 1.36. The average Bonchev–Trinajstić information content (AvgIpc) is 1.88. The van der Waals surface area contributed by atoms with E-state index in [1.807, 2.05) is 0 Å². The lowest BCUT2D eigenvalue weighted by Crippen LogP contribution is -2.51. The minimum atomic E-state index is 0. The van der Waals surface area contributed by atoms with Crippen LogP contribution in [0.2, 0.25) is 0 Å². The highest BCUT2D eigenvalue weighted by molar-refractivity contribution is 5.85. The number of ether oxygens (including phenoxy) is 1. The van der Waals surface area contributed by atoms with Crippen LogP contribution in [0.3, 0.4) is 0 Å². The molecule has 2 aliphatic rings. The van der Waals surface area contributed by atoms with E-state index >= 15 is 0 Å². The summed E-state index contributed by atoms with van der Waals surface area (Å²) >= 11 is 0. The summed E-state index contributed by atoms with van der Waals surface area (Å²) in [5.41, 5.74) is 0. The average molecular weight is 181 g/mol. The number of fused-ring (bicyclic) bond motifs is 2. The van der Waals surface area contributed by atoms with Gasteiger partial charge in [-0.3, -0.25) is 0 Å². The highest BCUT2D eigenvalue weighted by atomic mass is 35.5. The number of halogens is 1. The van der Waals surface area contributed by atoms with E-state index in [2.05, 4.69) is 5.32 Å². The second-order valence-corrected chi connectivity index (χ2v) is 3.03. The first kappa shape index (κ1) is 11.2. The lowest BCUT2D eigenvalue weighted by atomic mass is 9.98. The fraction of sp³-hybridized carbons (Fsp3) is 1.00. The van der Waals surface area contributed by atoms with Gasteiger partial charge in [0.05, 0.1) is 13.2 Å². The monoisotopic (exact) mass is 180 g/mol. The van der Waals surface area contributed by atoms with Crippen molar-refractivity contribution in [3.63, 3.8) is 0 Å². The molecule has 0 amide bonds. The number of piperidine rings is 1. The van der Waals surface area contributed by atoms with E-state index in [4.69, 9.17) is 4.74 Å². The van der Waals surface area contributed by atoms with Crippen molar-refractivity contribution in [2.45, 2.75) is 31.3 Å². The van der Waals surface area contributed by atoms with Gasteiger partial charge in [-0.2, -0.15) is 0 Å². The molecule has 2 saturated heterocycles. The van der Waals surface area contributed by atoms with Gasteiger partial charge in [-0.25, -0.2) is 0 Å². The number of nitrogens with one attached hydrogen (secondary N) is 1. The highest BCUT2D eigenvalue weighted by Gasteiger charge is 2.24. The molecule has 0 spiro atoms. The Morgan fingerprint density at radius 2 is 1.64 bits per heavy atom. The molecule has 2 fully saturated rings. The first-order chi connectivity index (χ1) is 4.45. The Bertz CT molecular complexity index is 92.6. The molecular weight excluding hydrogens is 164 g/mol. The van der Waals surface area contributed by atoms with Gasteiger partial charge in [0, 0.05) is 12.1 Å². The van der Waals surface area contributed by atoms with Crippen LogP contribution in [0.5, 0.6) is 0 Å². The van der Waals surface area contributed by atoms with E-state index in [0.717, 1.165) is 13.2 Å². The zero-order valence-corrected chi connectivity index (χ0v) is 7.53. The van der Waals surface area contributed by atoms with Gasteiger partial charge in [0.25, 0.3) is 0 Å². The maximum absolute atomic E-state index is 5.37. The first-order valence-electron chi connectivity index (χ1n) is 3.79. The predicted molar refractivity (Wildman–Crippen MR) is 47.7 cm³/mol. The van der Waals surface area contributed by atoms with Crippen LogP contribution in [0.25, 0.3) is 0 Å². The van der Waals surface area contributed by atoms with Crippen LogP contribution in [0.4, 0.5) is 0 Å². The van der Waals surface area contributed by atoms with Crippen molar-refractivity contribution in [1.29, 1.82) is 0 Å². The number of rotatable bonds is 0. The Morgan fingerprint density at radius 1 is 1.09 bits per heavy atom. The lowest BCUT2D eigenvalue weighted by Gasteiger charge is -2.35. The van der Waals surface area contributed by atoms with Gasteiger partial charge in [0.2, 0.25) is 0 Å². The quantitative estimate of drug-likeness (QED) is 0.587. The minimum absolute atomic E-state index is 0. The van der Waals surface area contributed by atoms with E-state index in [0.29, 0.717) is 12.1 Å². The molecule has 0 aromatic heterocycles. The van der Waals surface area contributed by atoms with Gasteiger partial charge in [0.15, 0.2) is 0 Å². The van der Waals surface area contributed by atoms with E-state index in [9.17, 15) is 0 Å². The summed E-state index contributed by atoms with van der Waals surface area (Å²) in [5.74, 6) is 0. The molecule has 2 atom stereocenters. The van der Waals surface area contributed by atoms with Crippen LogP contribution in [-0.4, -0.2) is 25.3 Å². The lowest BCUT2D eigenvalue weighted by molar-refractivity contribution is 0.0238. The molecule has 2 unspecified atom stereocenters. The van der Waals surface area contributed by atoms with E-state index < -0.39 is 0 Å². The number of hydrogen-bond acceptors (Lipinski definition) is 3. The summed E-state index contributed by atoms with van der Waals surface area (Å²) in [5, 5.41) is 3.53. The molecule has 0 radical (unpaired) electrons. The summed E-state index contributed by atoms with van der Waals surface area (Å²) in [4.78, 5) is 0. The maximum atomic E-state index is 5.37. The van der Waals surface area contributed by atoms with Crippen LogP contribution in [0.1, 0.15) is 19.3 Å². The molecule has 0 saturated carbocycles. The van der Waals surface area contributed by atoms with Gasteiger partial charge in [-0.05, 0) is 12.8 Å². The molecule has 2 heterocycles. The van der Waals surface area contributed by atoms with Gasteiger partial charge >= 0.3 is 0 Å². The van der Waals surface area contributed by atoms with Crippen molar-refractivity contribution < 1.29 is 4.74 Å². The van der Waals surface area contributed by atoms with Crippen molar-refractivity contribution in [3.05, 3.63) is 0 Å². The topological polar surface area (TPSA) is 56.3 Å². The fourth-order valence-corrected chi connectivity index (χ4v) is 1.73. The van der Waals surface area contributed by atoms with Crippen LogP contribution in [0.15, 0.2) is 0 Å². The summed E-state index contributed by atoms with van der Waals surface area (Å²) in [6.45, 7) is 1.88. The first-order valence-corrected chi connectivity index (χ1v) is 3.79. The van der Waals surface area contributed by atoms with Crippen LogP contribution in [0, 0.1) is 0 Å². The standard InChI is InChI=1S/C7H13NO.ClH.H3N/c1-2-6-4-9-5-7(3-1)8-6;;/h6-8H,1-5H2;1H;1H3. The van der Waals surface area contributed by atoms with Crippen molar-refractivity contribution in [1.82, 2.24) is 11.5 Å². The second-order valence-electron chi connectivity index (χ2n) is 3.03. The Labute approximate surface area is 73.9 Å². The van der Waals surface area contributed by atoms with Gasteiger partial charge in [-0.15, -0.1) is 12.4 Å². The van der Waals surface area contributed by atoms with Crippen molar-refractivity contribution in [3.8, 4) is 0 Å². The minimum Gasteiger partial charge on any atom is -0.378 e. The predicted octanol–water partition coefficient (Wildman–Crippen LogP) is 1.11. The van der Waals surface area contributed by atoms with Crippen molar-refractivity contribution in [2.75, 3.05) is 13.2 Å². The fourth-order valence-electron chi connectivity index (χ4n) is 1.73. The Hall–Kier alpha value is 0.170. The molecular formula is C7H17ClN2O. The zero-order valence-electron chi connectivity index (χ0n) is 6.71. The normalized spacial score (nSPS) is 34.9. The van der Waals surface area contributed by atoms with Crippen LogP contribution in [-0.2, 0) is 4.74 Å². The zero-order chi connectivity index (χ0) is 6.10. The van der Waals surface area contributed by atoms with Crippen molar-refractivity contribution in [2.24, 2.45) is 0 Å².